The van der Waals surface area contributed by atoms with Crippen LogP contribution in [0.3, 0.4) is 0 Å². The normalized spacial score (nSPS) is 25.2. The Morgan fingerprint density at radius 3 is 1.98 bits per heavy atom. The van der Waals surface area contributed by atoms with Gasteiger partial charge in [-0.1, -0.05) is 0 Å². The van der Waals surface area contributed by atoms with Gasteiger partial charge < -0.3 is 23.8 Å². The highest BCUT2D eigenvalue weighted by molar-refractivity contribution is 7.54. The number of hydrogen-bond donors (Lipinski definition) is 4. The molecule has 0 saturated carbocycles. The lowest BCUT2D eigenvalue weighted by Crippen LogP contribution is -2.58. The third kappa shape index (κ3) is 7.81. The minimum atomic E-state index is -4.89. The summed E-state index contributed by atoms with van der Waals surface area (Å²) in [4.78, 5) is 49.7. The van der Waals surface area contributed by atoms with Crippen LogP contribution in [0.15, 0.2) is 21.9 Å². The molecule has 0 aromatic carbocycles. The first-order valence-electron chi connectivity index (χ1n) is 12.3. The van der Waals surface area contributed by atoms with E-state index >= 15 is 8.78 Å². The van der Waals surface area contributed by atoms with Gasteiger partial charge in [0.15, 0.2) is 12.3 Å². The van der Waals surface area contributed by atoms with Gasteiger partial charge in [0.05, 0.1) is 18.8 Å². The van der Waals surface area contributed by atoms with Gasteiger partial charge in [-0.25, -0.2) is 23.7 Å². The number of halogens is 4. The molecule has 5 atom stereocenters. The van der Waals surface area contributed by atoms with Crippen LogP contribution in [0.2, 0.25) is 0 Å². The van der Waals surface area contributed by atoms with Gasteiger partial charge in [0, 0.05) is 12.3 Å². The Morgan fingerprint density at radius 2 is 1.56 bits per heavy atom. The summed E-state index contributed by atoms with van der Waals surface area (Å²) >= 11 is 0. The first-order valence-corrected chi connectivity index (χ1v) is 13.9. The van der Waals surface area contributed by atoms with E-state index in [0.29, 0.717) is 12.3 Å². The number of alkyl halides is 4. The summed E-state index contributed by atoms with van der Waals surface area (Å²) in [5, 5.41) is 14.5. The summed E-state index contributed by atoms with van der Waals surface area (Å²) in [7, 11) is -4.89. The highest BCUT2D eigenvalue weighted by Crippen LogP contribution is 2.53. The zero-order valence-corrected chi connectivity index (χ0v) is 23.8. The molecule has 1 aromatic heterocycles. The third-order valence-electron chi connectivity index (χ3n) is 5.61. The second-order valence-corrected chi connectivity index (χ2v) is 11.7. The van der Waals surface area contributed by atoms with Crippen LogP contribution in [0, 0.1) is 0 Å². The summed E-state index contributed by atoms with van der Waals surface area (Å²) in [5.74, 6) is -6.81. The maximum Gasteiger partial charge on any atom is 0.342 e. The van der Waals surface area contributed by atoms with Crippen LogP contribution in [0.1, 0.15) is 47.8 Å². The first-order chi connectivity index (χ1) is 18.8. The van der Waals surface area contributed by atoms with Gasteiger partial charge in [-0.3, -0.25) is 28.5 Å². The van der Waals surface area contributed by atoms with E-state index in [1.807, 2.05) is 0 Å². The van der Waals surface area contributed by atoms with E-state index in [4.69, 9.17) is 18.7 Å². The maximum absolute atomic E-state index is 15.3. The monoisotopic (exact) mass is 620 g/mol. The number of ether oxygens (including phenoxy) is 3. The summed E-state index contributed by atoms with van der Waals surface area (Å²) in [6.45, 7) is 6.42. The van der Waals surface area contributed by atoms with Gasteiger partial charge in [-0.05, 0) is 41.5 Å². The molecule has 41 heavy (non-hydrogen) atoms. The molecule has 2 rings (SSSR count). The van der Waals surface area contributed by atoms with Crippen molar-refractivity contribution in [2.24, 2.45) is 0 Å². The average molecular weight is 620 g/mol. The largest absolute Gasteiger partial charge is 0.462 e. The molecular formula is C22H33F4N4O10P. The fourth-order valence-corrected chi connectivity index (χ4v) is 5.43. The molecule has 1 aliphatic heterocycles. The van der Waals surface area contributed by atoms with Gasteiger partial charge in [0.1, 0.15) is 12.1 Å². The molecule has 1 fully saturated rings. The van der Waals surface area contributed by atoms with Crippen molar-refractivity contribution in [1.29, 1.82) is 0 Å². The number of nitrogens with one attached hydrogen (secondary N) is 3. The van der Waals surface area contributed by atoms with Crippen LogP contribution in [0.25, 0.3) is 0 Å². The number of aromatic amines is 1. The van der Waals surface area contributed by atoms with Crippen molar-refractivity contribution in [2.75, 3.05) is 6.61 Å². The lowest BCUT2D eigenvalue weighted by molar-refractivity contribution is -0.241. The Bertz CT molecular complexity index is 1230. The molecule has 0 amide bonds. The van der Waals surface area contributed by atoms with Crippen molar-refractivity contribution in [2.45, 2.75) is 96.1 Å². The van der Waals surface area contributed by atoms with Crippen molar-refractivity contribution in [3.8, 4) is 0 Å². The van der Waals surface area contributed by atoms with Gasteiger partial charge in [-0.2, -0.15) is 8.78 Å². The van der Waals surface area contributed by atoms with Crippen molar-refractivity contribution in [1.82, 2.24) is 19.7 Å². The Morgan fingerprint density at radius 1 is 1.07 bits per heavy atom. The van der Waals surface area contributed by atoms with E-state index in [9.17, 15) is 37.6 Å². The number of aliphatic hydroxyl groups excluding tert-OH is 1. The van der Waals surface area contributed by atoms with Gasteiger partial charge in [0.2, 0.25) is 5.60 Å². The quantitative estimate of drug-likeness (QED) is 0.140. The topological polar surface area (TPSA) is 187 Å². The van der Waals surface area contributed by atoms with E-state index in [-0.39, 0.29) is 4.57 Å². The summed E-state index contributed by atoms with van der Waals surface area (Å²) < 4.78 is 93.1. The maximum atomic E-state index is 15.3. The van der Waals surface area contributed by atoms with E-state index in [1.165, 1.54) is 27.7 Å². The highest BCUT2D eigenvalue weighted by atomic mass is 31.2. The zero-order valence-electron chi connectivity index (χ0n) is 22.9. The van der Waals surface area contributed by atoms with Crippen LogP contribution < -0.4 is 21.4 Å². The van der Waals surface area contributed by atoms with Crippen LogP contribution in [0.4, 0.5) is 17.6 Å². The SMILES string of the molecule is CC(C)OC(=O)C(C)NP(=O)(NC(C)C(=O)OC(C)C)OCC1(C(F)F)OC(n2ccc(=O)[nH]c2=O)C(O)C1(F)F. The highest BCUT2D eigenvalue weighted by Gasteiger charge is 2.74. The molecule has 2 heterocycles. The number of esters is 2. The third-order valence-corrected chi connectivity index (χ3v) is 7.56. The molecule has 0 radical (unpaired) electrons. The lowest BCUT2D eigenvalue weighted by atomic mass is 9.95. The minimum absolute atomic E-state index is 0.258. The van der Waals surface area contributed by atoms with E-state index in [0.717, 1.165) is 13.8 Å². The van der Waals surface area contributed by atoms with Gasteiger partial charge in [0.25, 0.3) is 12.0 Å². The molecule has 19 heteroatoms. The Hall–Kier alpha value is -2.63. The Balaban J connectivity index is 2.46. The molecule has 234 valence electrons. The zero-order chi connectivity index (χ0) is 31.5. The predicted molar refractivity (Wildman–Crippen MR) is 132 cm³/mol. The smallest absolute Gasteiger partial charge is 0.342 e. The number of aromatic nitrogens is 2. The molecule has 0 bridgehead atoms. The Labute approximate surface area is 231 Å². The van der Waals surface area contributed by atoms with Crippen LogP contribution in [-0.4, -0.2) is 81.5 Å². The summed E-state index contributed by atoms with van der Waals surface area (Å²) in [6.07, 6.45) is -10.2. The second-order valence-electron chi connectivity index (χ2n) is 9.78. The molecule has 14 nitrogen and oxygen atoms in total. The fraction of sp³-hybridized carbons (Fsp3) is 0.727. The summed E-state index contributed by atoms with van der Waals surface area (Å²) in [6, 6.07) is -2.25. The van der Waals surface area contributed by atoms with E-state index in [2.05, 4.69) is 10.2 Å². The van der Waals surface area contributed by atoms with E-state index < -0.39 is 92.0 Å². The number of carbonyl (C=O) groups is 2. The van der Waals surface area contributed by atoms with E-state index in [1.54, 1.807) is 4.98 Å². The molecule has 1 saturated heterocycles. The number of rotatable bonds is 13. The van der Waals surface area contributed by atoms with Crippen LogP contribution in [0.5, 0.6) is 0 Å². The van der Waals surface area contributed by atoms with Crippen molar-refractivity contribution in [3.05, 3.63) is 33.1 Å². The fourth-order valence-electron chi connectivity index (χ4n) is 3.60. The van der Waals surface area contributed by atoms with Crippen molar-refractivity contribution >= 4 is 19.6 Å². The molecular weight excluding hydrogens is 587 g/mol. The van der Waals surface area contributed by atoms with Crippen molar-refractivity contribution in [3.63, 3.8) is 0 Å². The van der Waals surface area contributed by atoms with Crippen molar-refractivity contribution < 1.29 is 55.6 Å². The number of H-pyrrole nitrogens is 1. The second kappa shape index (κ2) is 13.1. The number of aliphatic hydroxyl groups is 1. The van der Waals surface area contributed by atoms with Crippen LogP contribution in [-0.2, 0) is 32.9 Å². The average Bonchev–Trinajstić information content (AvgIpc) is 3.03. The Kier molecular flexibility index (Phi) is 11.1. The molecule has 5 unspecified atom stereocenters. The minimum Gasteiger partial charge on any atom is -0.462 e. The molecule has 4 N–H and O–H groups in total. The molecule has 1 aromatic rings. The standard InChI is InChI=1S/C22H33F4N4O10P/c1-10(2)38-17(33)12(5)28-41(36,29-13(6)18(34)39-11(3)4)37-9-21(19(23)24)22(25,26)15(32)16(40-21)30-8-7-14(31)27-20(30)35/h7-8,10-13,15-16,19,32H,9H2,1-6H3,(H,27,31,35)(H2,28,29,36). The van der Waals surface area contributed by atoms with Gasteiger partial charge >= 0.3 is 31.2 Å². The molecule has 0 spiro atoms. The predicted octanol–water partition coefficient (Wildman–Crippen LogP) is 1.05. The number of nitrogens with zero attached hydrogens (tertiary/aromatic N) is 1. The van der Waals surface area contributed by atoms with Gasteiger partial charge in [-0.15, -0.1) is 0 Å². The number of carbonyl (C=O) groups excluding carboxylic acids is 2. The molecule has 0 aliphatic carbocycles. The lowest BCUT2D eigenvalue weighted by Gasteiger charge is -2.35. The van der Waals surface area contributed by atoms with Crippen LogP contribution >= 0.6 is 7.67 Å². The summed E-state index contributed by atoms with van der Waals surface area (Å²) in [5.41, 5.74) is -6.30. The number of hydrogen-bond acceptors (Lipinski definition) is 10. The first kappa shape index (κ1) is 34.6. The molecule has 1 aliphatic rings.